The van der Waals surface area contributed by atoms with E-state index < -0.39 is 35.6 Å². The largest absolute Gasteiger partial charge is 0.481 e. The molecule has 0 bridgehead atoms. The standard InChI is InChI=1S/C20H19N3O6/c24-16-2-1-15(17(25)21-16)23-18(26)13-5-10-7-22(12-3-9(4-12)20(28)29)8-11(10)6-14(13)19(23)27/h5-6,9,12,15H,1-4,7-8H2,(H,28,29)(H,21,24,25). The Hall–Kier alpha value is -3.07. The summed E-state index contributed by atoms with van der Waals surface area (Å²) in [5.74, 6) is -3.08. The second kappa shape index (κ2) is 6.21. The van der Waals surface area contributed by atoms with Crippen molar-refractivity contribution in [3.63, 3.8) is 0 Å². The van der Waals surface area contributed by atoms with E-state index in [1.165, 1.54) is 0 Å². The maximum absolute atomic E-state index is 12.9. The molecule has 9 heteroatoms. The molecule has 0 radical (unpaired) electrons. The molecule has 1 aliphatic carbocycles. The first-order chi connectivity index (χ1) is 13.8. The molecule has 2 fully saturated rings. The van der Waals surface area contributed by atoms with Crippen LogP contribution in [-0.4, -0.2) is 56.6 Å². The zero-order chi connectivity index (χ0) is 20.4. The third kappa shape index (κ3) is 2.68. The van der Waals surface area contributed by atoms with E-state index in [0.29, 0.717) is 25.9 Å². The van der Waals surface area contributed by atoms with Crippen molar-refractivity contribution in [3.05, 3.63) is 34.4 Å². The summed E-state index contributed by atoms with van der Waals surface area (Å²) in [6, 6.07) is 2.69. The van der Waals surface area contributed by atoms with Crippen molar-refractivity contribution < 1.29 is 29.1 Å². The fourth-order valence-corrected chi connectivity index (χ4v) is 4.74. The van der Waals surface area contributed by atoms with Crippen LogP contribution in [0.5, 0.6) is 0 Å². The second-order valence-corrected chi connectivity index (χ2v) is 8.18. The molecule has 0 aromatic heterocycles. The summed E-state index contributed by atoms with van der Waals surface area (Å²) in [4.78, 5) is 63.5. The molecule has 5 rings (SSSR count). The van der Waals surface area contributed by atoms with Gasteiger partial charge in [0.15, 0.2) is 0 Å². The van der Waals surface area contributed by atoms with Crippen LogP contribution in [0.3, 0.4) is 0 Å². The maximum Gasteiger partial charge on any atom is 0.306 e. The number of hydrogen-bond acceptors (Lipinski definition) is 6. The van der Waals surface area contributed by atoms with Crippen LogP contribution in [0.15, 0.2) is 12.1 Å². The SMILES string of the molecule is O=C1CCC(N2C(=O)c3cc4c(cc3C2=O)CN(C2CC(C(=O)O)C2)C4)C(=O)N1. The Kier molecular flexibility index (Phi) is 3.86. The van der Waals surface area contributed by atoms with Gasteiger partial charge < -0.3 is 5.11 Å². The molecule has 4 aliphatic rings. The summed E-state index contributed by atoms with van der Waals surface area (Å²) >= 11 is 0. The molecule has 2 N–H and O–H groups in total. The summed E-state index contributed by atoms with van der Waals surface area (Å²) in [5, 5.41) is 11.2. The van der Waals surface area contributed by atoms with Gasteiger partial charge in [-0.15, -0.1) is 0 Å². The first-order valence-electron chi connectivity index (χ1n) is 9.67. The van der Waals surface area contributed by atoms with Crippen LogP contribution in [0.1, 0.15) is 57.5 Å². The quantitative estimate of drug-likeness (QED) is 0.702. The van der Waals surface area contributed by atoms with Crippen molar-refractivity contribution in [2.75, 3.05) is 0 Å². The van der Waals surface area contributed by atoms with E-state index in [4.69, 9.17) is 5.11 Å². The molecule has 29 heavy (non-hydrogen) atoms. The molecule has 1 saturated carbocycles. The van der Waals surface area contributed by atoms with E-state index in [1.54, 1.807) is 12.1 Å². The van der Waals surface area contributed by atoms with Crippen LogP contribution >= 0.6 is 0 Å². The summed E-state index contributed by atoms with van der Waals surface area (Å²) in [6.07, 6.45) is 1.46. The highest BCUT2D eigenvalue weighted by molar-refractivity contribution is 6.23. The van der Waals surface area contributed by atoms with E-state index in [0.717, 1.165) is 16.0 Å². The number of carboxylic acid groups (broad SMARTS) is 1. The minimum Gasteiger partial charge on any atom is -0.481 e. The molecular formula is C20H19N3O6. The van der Waals surface area contributed by atoms with Crippen LogP contribution in [0.25, 0.3) is 0 Å². The van der Waals surface area contributed by atoms with Crippen LogP contribution in [-0.2, 0) is 27.5 Å². The number of nitrogens with zero attached hydrogens (tertiary/aromatic N) is 2. The van der Waals surface area contributed by atoms with Crippen molar-refractivity contribution in [1.82, 2.24) is 15.1 Å². The van der Waals surface area contributed by atoms with Gasteiger partial charge in [-0.3, -0.25) is 39.1 Å². The third-order valence-corrected chi connectivity index (χ3v) is 6.49. The van der Waals surface area contributed by atoms with Crippen LogP contribution in [0.4, 0.5) is 0 Å². The number of fused-ring (bicyclic) bond motifs is 2. The number of carbonyl (C=O) groups is 5. The van der Waals surface area contributed by atoms with Gasteiger partial charge >= 0.3 is 5.97 Å². The molecule has 4 amide bonds. The topological polar surface area (TPSA) is 124 Å². The van der Waals surface area contributed by atoms with Crippen molar-refractivity contribution in [3.8, 4) is 0 Å². The summed E-state index contributed by atoms with van der Waals surface area (Å²) in [5.41, 5.74) is 2.48. The Morgan fingerprint density at radius 1 is 1.00 bits per heavy atom. The minimum absolute atomic E-state index is 0.0913. The van der Waals surface area contributed by atoms with Crippen molar-refractivity contribution in [2.45, 2.75) is 50.9 Å². The molecule has 1 saturated heterocycles. The molecule has 0 spiro atoms. The molecule has 1 atom stereocenters. The Morgan fingerprint density at radius 2 is 1.59 bits per heavy atom. The number of aliphatic carboxylic acids is 1. The Labute approximate surface area is 165 Å². The molecule has 1 unspecified atom stereocenters. The Bertz CT molecular complexity index is 951. The van der Waals surface area contributed by atoms with E-state index in [-0.39, 0.29) is 35.9 Å². The van der Waals surface area contributed by atoms with Gasteiger partial charge in [-0.25, -0.2) is 0 Å². The molecule has 3 heterocycles. The zero-order valence-corrected chi connectivity index (χ0v) is 15.5. The highest BCUT2D eigenvalue weighted by atomic mass is 16.4. The molecule has 3 aliphatic heterocycles. The number of hydrogen-bond donors (Lipinski definition) is 2. The smallest absolute Gasteiger partial charge is 0.306 e. The Balaban J connectivity index is 1.36. The van der Waals surface area contributed by atoms with Gasteiger partial charge in [0.05, 0.1) is 17.0 Å². The lowest BCUT2D eigenvalue weighted by Gasteiger charge is -2.39. The number of nitrogens with one attached hydrogen (secondary N) is 1. The lowest BCUT2D eigenvalue weighted by molar-refractivity contribution is -0.147. The highest BCUT2D eigenvalue weighted by Gasteiger charge is 2.46. The van der Waals surface area contributed by atoms with Gasteiger partial charge in [-0.2, -0.15) is 0 Å². The summed E-state index contributed by atoms with van der Waals surface area (Å²) < 4.78 is 0. The van der Waals surface area contributed by atoms with Gasteiger partial charge in [0.1, 0.15) is 6.04 Å². The first-order valence-corrected chi connectivity index (χ1v) is 9.67. The van der Waals surface area contributed by atoms with Crippen LogP contribution in [0.2, 0.25) is 0 Å². The molecule has 1 aromatic carbocycles. The number of benzene rings is 1. The fraction of sp³-hybridized carbons (Fsp3) is 0.450. The van der Waals surface area contributed by atoms with Gasteiger partial charge in [0.2, 0.25) is 11.8 Å². The van der Waals surface area contributed by atoms with E-state index in [2.05, 4.69) is 10.2 Å². The molecule has 1 aromatic rings. The average molecular weight is 397 g/mol. The van der Waals surface area contributed by atoms with E-state index >= 15 is 0 Å². The number of amides is 4. The molecular weight excluding hydrogens is 378 g/mol. The van der Waals surface area contributed by atoms with E-state index in [1.807, 2.05) is 0 Å². The highest BCUT2D eigenvalue weighted by Crippen LogP contribution is 2.39. The van der Waals surface area contributed by atoms with E-state index in [9.17, 15) is 24.0 Å². The normalized spacial score (nSPS) is 28.8. The maximum atomic E-state index is 12.9. The number of piperidine rings is 1. The average Bonchev–Trinajstić information content (AvgIpc) is 3.12. The predicted octanol–water partition coefficient (Wildman–Crippen LogP) is 0.267. The molecule has 9 nitrogen and oxygen atoms in total. The second-order valence-electron chi connectivity index (χ2n) is 8.18. The minimum atomic E-state index is -0.964. The lowest BCUT2D eigenvalue weighted by Crippen LogP contribution is -2.54. The van der Waals surface area contributed by atoms with Gasteiger partial charge in [0, 0.05) is 25.6 Å². The van der Waals surface area contributed by atoms with Gasteiger partial charge in [-0.05, 0) is 42.5 Å². The van der Waals surface area contributed by atoms with Crippen molar-refractivity contribution in [1.29, 1.82) is 0 Å². The first kappa shape index (κ1) is 18.0. The fourth-order valence-electron chi connectivity index (χ4n) is 4.74. The van der Waals surface area contributed by atoms with Crippen molar-refractivity contribution in [2.24, 2.45) is 5.92 Å². The Morgan fingerprint density at radius 3 is 2.10 bits per heavy atom. The van der Waals surface area contributed by atoms with Gasteiger partial charge in [-0.1, -0.05) is 0 Å². The van der Waals surface area contributed by atoms with Crippen molar-refractivity contribution >= 4 is 29.6 Å². The van der Waals surface area contributed by atoms with Crippen LogP contribution in [0, 0.1) is 5.92 Å². The summed E-state index contributed by atoms with van der Waals surface area (Å²) in [6.45, 7) is 1.22. The zero-order valence-electron chi connectivity index (χ0n) is 15.5. The van der Waals surface area contributed by atoms with Crippen LogP contribution < -0.4 is 5.32 Å². The number of carboxylic acids is 1. The number of rotatable bonds is 3. The summed E-state index contributed by atoms with van der Waals surface area (Å²) in [7, 11) is 0. The lowest BCUT2D eigenvalue weighted by atomic mass is 9.79. The third-order valence-electron chi connectivity index (χ3n) is 6.49. The number of imide groups is 2. The van der Waals surface area contributed by atoms with Gasteiger partial charge in [0.25, 0.3) is 11.8 Å². The predicted molar refractivity (Wildman–Crippen MR) is 96.5 cm³/mol. The number of carbonyl (C=O) groups excluding carboxylic acids is 4. The molecule has 150 valence electrons. The monoisotopic (exact) mass is 397 g/mol.